The van der Waals surface area contributed by atoms with Gasteiger partial charge in [-0.1, -0.05) is 31.1 Å². The molecule has 2 rings (SSSR count). The number of para-hydroxylation sites is 1. The van der Waals surface area contributed by atoms with Crippen molar-refractivity contribution in [3.63, 3.8) is 0 Å². The van der Waals surface area contributed by atoms with Crippen LogP contribution in [0.1, 0.15) is 19.5 Å². The molecule has 1 heterocycles. The van der Waals surface area contributed by atoms with Crippen LogP contribution >= 0.6 is 0 Å². The maximum Gasteiger partial charge on any atom is 0.228 e. The van der Waals surface area contributed by atoms with Crippen LogP contribution in [0.25, 0.3) is 11.0 Å². The minimum Gasteiger partial charge on any atom is -0.356 e. The lowest BCUT2D eigenvalue weighted by atomic mass is 10.1. The lowest BCUT2D eigenvalue weighted by Crippen LogP contribution is -2.31. The minimum atomic E-state index is 0.0720. The Labute approximate surface area is 107 Å². The summed E-state index contributed by atoms with van der Waals surface area (Å²) in [4.78, 5) is 13.8. The van der Waals surface area contributed by atoms with E-state index >= 15 is 0 Å². The van der Waals surface area contributed by atoms with Crippen molar-refractivity contribution in [2.24, 2.45) is 5.92 Å². The van der Waals surface area contributed by atoms with E-state index in [0.717, 1.165) is 17.5 Å². The van der Waals surface area contributed by atoms with Gasteiger partial charge in [0.05, 0.1) is 6.42 Å². The first kappa shape index (κ1) is 12.6. The Hall–Kier alpha value is -1.84. The van der Waals surface area contributed by atoms with Crippen molar-refractivity contribution in [2.45, 2.75) is 20.3 Å². The van der Waals surface area contributed by atoms with Gasteiger partial charge < -0.3 is 9.42 Å². The standard InChI is InChI=1S/C14H18N2O2/c1-10(2)9-16(3)14(17)8-12-11-6-4-5-7-13(11)18-15-12/h4-7,10H,8-9H2,1-3H3. The van der Waals surface area contributed by atoms with Crippen LogP contribution in [0, 0.1) is 5.92 Å². The Morgan fingerprint density at radius 3 is 2.83 bits per heavy atom. The maximum atomic E-state index is 12.0. The molecule has 96 valence electrons. The molecule has 0 saturated carbocycles. The number of carbonyl (C=O) groups is 1. The Morgan fingerprint density at radius 2 is 2.11 bits per heavy atom. The second kappa shape index (κ2) is 5.21. The molecule has 0 unspecified atom stereocenters. The summed E-state index contributed by atoms with van der Waals surface area (Å²) in [6.45, 7) is 4.94. The Balaban J connectivity index is 2.12. The summed E-state index contributed by atoms with van der Waals surface area (Å²) in [6, 6.07) is 7.60. The van der Waals surface area contributed by atoms with Crippen LogP contribution in [0.4, 0.5) is 0 Å². The van der Waals surface area contributed by atoms with E-state index in [2.05, 4.69) is 19.0 Å². The smallest absolute Gasteiger partial charge is 0.228 e. The summed E-state index contributed by atoms with van der Waals surface area (Å²) in [5.41, 5.74) is 1.44. The van der Waals surface area contributed by atoms with Crippen molar-refractivity contribution in [3.05, 3.63) is 30.0 Å². The number of rotatable bonds is 4. The largest absolute Gasteiger partial charge is 0.356 e. The molecule has 1 aromatic heterocycles. The molecule has 0 N–H and O–H groups in total. The highest BCUT2D eigenvalue weighted by Crippen LogP contribution is 2.18. The fourth-order valence-electron chi connectivity index (χ4n) is 1.99. The van der Waals surface area contributed by atoms with Crippen molar-refractivity contribution in [1.29, 1.82) is 0 Å². The lowest BCUT2D eigenvalue weighted by Gasteiger charge is -2.18. The summed E-state index contributed by atoms with van der Waals surface area (Å²) in [6.07, 6.45) is 0.292. The Morgan fingerprint density at radius 1 is 1.39 bits per heavy atom. The molecule has 0 aliphatic heterocycles. The highest BCUT2D eigenvalue weighted by molar-refractivity contribution is 5.86. The number of carbonyl (C=O) groups excluding carboxylic acids is 1. The van der Waals surface area contributed by atoms with Crippen LogP contribution in [-0.2, 0) is 11.2 Å². The highest BCUT2D eigenvalue weighted by Gasteiger charge is 2.15. The van der Waals surface area contributed by atoms with Crippen LogP contribution in [0.15, 0.2) is 28.8 Å². The van der Waals surface area contributed by atoms with Crippen molar-refractivity contribution < 1.29 is 9.32 Å². The van der Waals surface area contributed by atoms with Crippen molar-refractivity contribution in [2.75, 3.05) is 13.6 Å². The van der Waals surface area contributed by atoms with Crippen LogP contribution in [0.3, 0.4) is 0 Å². The van der Waals surface area contributed by atoms with Gasteiger partial charge in [0.25, 0.3) is 0 Å². The molecule has 0 radical (unpaired) electrons. The van der Waals surface area contributed by atoms with Crippen LogP contribution in [-0.4, -0.2) is 29.6 Å². The van der Waals surface area contributed by atoms with Gasteiger partial charge in [-0.05, 0) is 18.1 Å². The predicted octanol–water partition coefficient (Wildman–Crippen LogP) is 2.48. The quantitative estimate of drug-likeness (QED) is 0.832. The van der Waals surface area contributed by atoms with E-state index in [9.17, 15) is 4.79 Å². The molecule has 0 fully saturated rings. The van der Waals surface area contributed by atoms with E-state index in [1.54, 1.807) is 4.90 Å². The number of amides is 1. The fourth-order valence-corrected chi connectivity index (χ4v) is 1.99. The van der Waals surface area contributed by atoms with Gasteiger partial charge in [-0.25, -0.2) is 0 Å². The molecule has 1 amide bonds. The molecule has 4 heteroatoms. The average molecular weight is 246 g/mol. The zero-order valence-corrected chi connectivity index (χ0v) is 11.0. The van der Waals surface area contributed by atoms with Crippen LogP contribution < -0.4 is 0 Å². The van der Waals surface area contributed by atoms with Gasteiger partial charge >= 0.3 is 0 Å². The highest BCUT2D eigenvalue weighted by atomic mass is 16.5. The molecule has 0 bridgehead atoms. The number of nitrogens with zero attached hydrogens (tertiary/aromatic N) is 2. The van der Waals surface area contributed by atoms with Gasteiger partial charge in [0.15, 0.2) is 5.58 Å². The lowest BCUT2D eigenvalue weighted by molar-refractivity contribution is -0.129. The molecular weight excluding hydrogens is 228 g/mol. The van der Waals surface area contributed by atoms with Gasteiger partial charge in [0.1, 0.15) is 5.69 Å². The van der Waals surface area contributed by atoms with Crippen molar-refractivity contribution in [1.82, 2.24) is 10.1 Å². The van der Waals surface area contributed by atoms with Gasteiger partial charge in [-0.3, -0.25) is 4.79 Å². The number of aromatic nitrogens is 1. The van der Waals surface area contributed by atoms with Crippen molar-refractivity contribution in [3.8, 4) is 0 Å². The molecule has 0 spiro atoms. The van der Waals surface area contributed by atoms with E-state index in [1.165, 1.54) is 0 Å². The molecule has 4 nitrogen and oxygen atoms in total. The van der Waals surface area contributed by atoms with E-state index in [0.29, 0.717) is 18.0 Å². The zero-order chi connectivity index (χ0) is 13.1. The molecular formula is C14H18N2O2. The summed E-state index contributed by atoms with van der Waals surface area (Å²) < 4.78 is 5.19. The monoisotopic (exact) mass is 246 g/mol. The number of fused-ring (bicyclic) bond motifs is 1. The third-order valence-electron chi connectivity index (χ3n) is 2.84. The number of likely N-dealkylation sites (N-methyl/N-ethyl adjacent to an activating group) is 1. The number of hydrogen-bond donors (Lipinski definition) is 0. The first-order valence-corrected chi connectivity index (χ1v) is 6.15. The summed E-state index contributed by atoms with van der Waals surface area (Å²) in [7, 11) is 1.82. The molecule has 1 aromatic carbocycles. The second-order valence-corrected chi connectivity index (χ2v) is 4.97. The number of benzene rings is 1. The summed E-state index contributed by atoms with van der Waals surface area (Å²) in [5.74, 6) is 0.538. The Kier molecular flexibility index (Phi) is 3.65. The molecule has 18 heavy (non-hydrogen) atoms. The average Bonchev–Trinajstić information content (AvgIpc) is 2.72. The maximum absolute atomic E-state index is 12.0. The summed E-state index contributed by atoms with van der Waals surface area (Å²) >= 11 is 0. The molecule has 0 aliphatic carbocycles. The van der Waals surface area contributed by atoms with E-state index < -0.39 is 0 Å². The fraction of sp³-hybridized carbons (Fsp3) is 0.429. The van der Waals surface area contributed by atoms with E-state index in [4.69, 9.17) is 4.52 Å². The van der Waals surface area contributed by atoms with Crippen LogP contribution in [0.5, 0.6) is 0 Å². The molecule has 2 aromatic rings. The van der Waals surface area contributed by atoms with Gasteiger partial charge in [0.2, 0.25) is 5.91 Å². The van der Waals surface area contributed by atoms with E-state index in [1.807, 2.05) is 31.3 Å². The van der Waals surface area contributed by atoms with Gasteiger partial charge in [-0.15, -0.1) is 0 Å². The van der Waals surface area contributed by atoms with Gasteiger partial charge in [-0.2, -0.15) is 0 Å². The molecule has 0 saturated heterocycles. The third-order valence-corrected chi connectivity index (χ3v) is 2.84. The first-order valence-electron chi connectivity index (χ1n) is 6.15. The normalized spacial score (nSPS) is 11.1. The van der Waals surface area contributed by atoms with Gasteiger partial charge in [0, 0.05) is 19.0 Å². The number of hydrogen-bond acceptors (Lipinski definition) is 3. The first-order chi connectivity index (χ1) is 8.58. The molecule has 0 aliphatic rings. The third kappa shape index (κ3) is 2.70. The SMILES string of the molecule is CC(C)CN(C)C(=O)Cc1noc2ccccc12. The van der Waals surface area contributed by atoms with Crippen molar-refractivity contribution >= 4 is 16.9 Å². The van der Waals surface area contributed by atoms with E-state index in [-0.39, 0.29) is 5.91 Å². The zero-order valence-electron chi connectivity index (χ0n) is 11.0. The minimum absolute atomic E-state index is 0.0720. The topological polar surface area (TPSA) is 46.3 Å². The second-order valence-electron chi connectivity index (χ2n) is 4.97. The Bertz CT molecular complexity index is 545. The predicted molar refractivity (Wildman–Crippen MR) is 70.2 cm³/mol. The summed E-state index contributed by atoms with van der Waals surface area (Å²) in [5, 5.41) is 4.89. The van der Waals surface area contributed by atoms with Crippen LogP contribution in [0.2, 0.25) is 0 Å². The molecule has 0 atom stereocenters.